The molecule has 1 atom stereocenters. The lowest BCUT2D eigenvalue weighted by Crippen LogP contribution is -2.59. The maximum Gasteiger partial charge on any atom is 0.229 e. The van der Waals surface area contributed by atoms with E-state index in [-0.39, 0.29) is 17.4 Å². The summed E-state index contributed by atoms with van der Waals surface area (Å²) >= 11 is 0. The Morgan fingerprint density at radius 3 is 2.40 bits per heavy atom. The van der Waals surface area contributed by atoms with Gasteiger partial charge < -0.3 is 5.32 Å². The molecule has 1 aliphatic carbocycles. The number of nitrogens with one attached hydrogen (secondary N) is 1. The van der Waals surface area contributed by atoms with E-state index in [1.165, 1.54) is 5.56 Å². The highest BCUT2D eigenvalue weighted by molar-refractivity contribution is 5.91. The fourth-order valence-corrected chi connectivity index (χ4v) is 2.61. The van der Waals surface area contributed by atoms with Crippen molar-refractivity contribution in [2.75, 3.05) is 0 Å². The molecule has 1 fully saturated rings. The molecule has 2 aliphatic rings. The van der Waals surface area contributed by atoms with Crippen molar-refractivity contribution in [2.24, 2.45) is 5.41 Å². The lowest BCUT2D eigenvalue weighted by Gasteiger charge is -2.46. The lowest BCUT2D eigenvalue weighted by molar-refractivity contribution is -0.145. The lowest BCUT2D eigenvalue weighted by atomic mass is 9.68. The first-order chi connectivity index (χ1) is 7.33. The number of carbonyl (C=O) groups excluding carboxylic acids is 1. The SMILES string of the molecule is O=C1N[C@@H](c2ccccc2)C12CC=CC2. The predicted octanol–water partition coefficient (Wildman–Crippen LogP) is 2.19. The minimum atomic E-state index is -0.165. The van der Waals surface area contributed by atoms with Gasteiger partial charge in [0.15, 0.2) is 0 Å². The minimum Gasteiger partial charge on any atom is -0.348 e. The molecule has 1 amide bonds. The van der Waals surface area contributed by atoms with Crippen LogP contribution in [0.5, 0.6) is 0 Å². The highest BCUT2D eigenvalue weighted by Crippen LogP contribution is 2.50. The van der Waals surface area contributed by atoms with Crippen LogP contribution in [0.2, 0.25) is 0 Å². The summed E-state index contributed by atoms with van der Waals surface area (Å²) in [5.74, 6) is 0.210. The molecular formula is C13H13NO. The van der Waals surface area contributed by atoms with E-state index in [9.17, 15) is 4.79 Å². The highest BCUT2D eigenvalue weighted by Gasteiger charge is 2.55. The van der Waals surface area contributed by atoms with Crippen molar-refractivity contribution < 1.29 is 4.79 Å². The molecular weight excluding hydrogens is 186 g/mol. The van der Waals surface area contributed by atoms with Gasteiger partial charge in [0.2, 0.25) is 5.91 Å². The third-order valence-corrected chi connectivity index (χ3v) is 3.54. The van der Waals surface area contributed by atoms with Crippen LogP contribution in [0.3, 0.4) is 0 Å². The second kappa shape index (κ2) is 2.96. The smallest absolute Gasteiger partial charge is 0.229 e. The average Bonchev–Trinajstić information content (AvgIpc) is 2.79. The largest absolute Gasteiger partial charge is 0.348 e. The van der Waals surface area contributed by atoms with Gasteiger partial charge in [-0.3, -0.25) is 4.79 Å². The number of allylic oxidation sites excluding steroid dienone is 2. The van der Waals surface area contributed by atoms with E-state index in [2.05, 4.69) is 29.6 Å². The number of carbonyl (C=O) groups is 1. The maximum absolute atomic E-state index is 11.7. The first-order valence-corrected chi connectivity index (χ1v) is 5.34. The molecule has 1 saturated heterocycles. The molecule has 15 heavy (non-hydrogen) atoms. The molecule has 3 rings (SSSR count). The second-order valence-electron chi connectivity index (χ2n) is 4.35. The van der Waals surface area contributed by atoms with Gasteiger partial charge in [0, 0.05) is 0 Å². The molecule has 1 aromatic rings. The third kappa shape index (κ3) is 1.08. The molecule has 0 aromatic heterocycles. The van der Waals surface area contributed by atoms with Crippen molar-refractivity contribution >= 4 is 5.91 Å². The van der Waals surface area contributed by atoms with Crippen LogP contribution < -0.4 is 5.32 Å². The van der Waals surface area contributed by atoms with E-state index in [0.29, 0.717) is 0 Å². The molecule has 2 nitrogen and oxygen atoms in total. The molecule has 1 aliphatic heterocycles. The fraction of sp³-hybridized carbons (Fsp3) is 0.308. The summed E-state index contributed by atoms with van der Waals surface area (Å²) in [6, 6.07) is 10.4. The first-order valence-electron chi connectivity index (χ1n) is 5.34. The quantitative estimate of drug-likeness (QED) is 0.545. The van der Waals surface area contributed by atoms with Crippen LogP contribution >= 0.6 is 0 Å². The molecule has 76 valence electrons. The first kappa shape index (κ1) is 8.72. The molecule has 1 spiro atoms. The minimum absolute atomic E-state index is 0.165. The van der Waals surface area contributed by atoms with Crippen LogP contribution in [0, 0.1) is 5.41 Å². The van der Waals surface area contributed by atoms with Gasteiger partial charge in [-0.1, -0.05) is 42.5 Å². The van der Waals surface area contributed by atoms with Crippen molar-refractivity contribution in [1.29, 1.82) is 0 Å². The summed E-state index contributed by atoms with van der Waals surface area (Å²) in [7, 11) is 0. The Kier molecular flexibility index (Phi) is 1.72. The number of β-lactam (4-membered cyclic amide) rings is 1. The van der Waals surface area contributed by atoms with Crippen LogP contribution in [-0.4, -0.2) is 5.91 Å². The van der Waals surface area contributed by atoms with E-state index < -0.39 is 0 Å². The monoisotopic (exact) mass is 199 g/mol. The van der Waals surface area contributed by atoms with E-state index in [0.717, 1.165) is 12.8 Å². The molecule has 0 radical (unpaired) electrons. The highest BCUT2D eigenvalue weighted by atomic mass is 16.2. The van der Waals surface area contributed by atoms with Crippen LogP contribution in [0.4, 0.5) is 0 Å². The molecule has 1 heterocycles. The molecule has 0 unspecified atom stereocenters. The zero-order valence-electron chi connectivity index (χ0n) is 8.44. The van der Waals surface area contributed by atoms with Crippen molar-refractivity contribution in [2.45, 2.75) is 18.9 Å². The van der Waals surface area contributed by atoms with Crippen LogP contribution in [-0.2, 0) is 4.79 Å². The Bertz CT molecular complexity index is 413. The summed E-state index contributed by atoms with van der Waals surface area (Å²) in [5, 5.41) is 3.01. The van der Waals surface area contributed by atoms with Gasteiger partial charge in [-0.25, -0.2) is 0 Å². The number of hydrogen-bond donors (Lipinski definition) is 1. The zero-order valence-corrected chi connectivity index (χ0v) is 8.44. The summed E-state index contributed by atoms with van der Waals surface area (Å²) in [5.41, 5.74) is 1.06. The van der Waals surface area contributed by atoms with Gasteiger partial charge in [0.25, 0.3) is 0 Å². The normalized spacial score (nSPS) is 26.4. The Balaban J connectivity index is 1.93. The number of rotatable bonds is 1. The van der Waals surface area contributed by atoms with E-state index >= 15 is 0 Å². The van der Waals surface area contributed by atoms with Gasteiger partial charge in [-0.15, -0.1) is 0 Å². The van der Waals surface area contributed by atoms with E-state index in [4.69, 9.17) is 0 Å². The number of hydrogen-bond acceptors (Lipinski definition) is 1. The van der Waals surface area contributed by atoms with Gasteiger partial charge >= 0.3 is 0 Å². The average molecular weight is 199 g/mol. The van der Waals surface area contributed by atoms with Crippen LogP contribution in [0.25, 0.3) is 0 Å². The van der Waals surface area contributed by atoms with Crippen molar-refractivity contribution in [3.63, 3.8) is 0 Å². The summed E-state index contributed by atoms with van der Waals surface area (Å²) < 4.78 is 0. The van der Waals surface area contributed by atoms with Crippen LogP contribution in [0.1, 0.15) is 24.4 Å². The summed E-state index contributed by atoms with van der Waals surface area (Å²) in [6.45, 7) is 0. The maximum atomic E-state index is 11.7. The second-order valence-corrected chi connectivity index (χ2v) is 4.35. The Hall–Kier alpha value is -1.57. The van der Waals surface area contributed by atoms with Crippen LogP contribution in [0.15, 0.2) is 42.5 Å². The van der Waals surface area contributed by atoms with Crippen molar-refractivity contribution in [3.8, 4) is 0 Å². The molecule has 1 aromatic carbocycles. The Labute approximate surface area is 89.0 Å². The van der Waals surface area contributed by atoms with Gasteiger partial charge in [0.05, 0.1) is 11.5 Å². The summed E-state index contributed by atoms with van der Waals surface area (Å²) in [4.78, 5) is 11.7. The number of benzene rings is 1. The Morgan fingerprint density at radius 2 is 1.80 bits per heavy atom. The standard InChI is InChI=1S/C13H13NO/c15-12-13(8-4-5-9-13)11(14-12)10-6-2-1-3-7-10/h1-7,11H,8-9H2,(H,14,15)/t11-/m0/s1. The topological polar surface area (TPSA) is 29.1 Å². The zero-order chi connectivity index (χ0) is 10.3. The van der Waals surface area contributed by atoms with Gasteiger partial charge in [-0.05, 0) is 18.4 Å². The number of amides is 1. The molecule has 0 bridgehead atoms. The summed E-state index contributed by atoms with van der Waals surface area (Å²) in [6.07, 6.45) is 6.01. The Morgan fingerprint density at radius 1 is 1.13 bits per heavy atom. The van der Waals surface area contributed by atoms with E-state index in [1.54, 1.807) is 0 Å². The van der Waals surface area contributed by atoms with Crippen molar-refractivity contribution in [1.82, 2.24) is 5.32 Å². The fourth-order valence-electron chi connectivity index (χ4n) is 2.61. The molecule has 1 N–H and O–H groups in total. The van der Waals surface area contributed by atoms with Gasteiger partial charge in [0.1, 0.15) is 0 Å². The van der Waals surface area contributed by atoms with Crippen molar-refractivity contribution in [3.05, 3.63) is 48.0 Å². The van der Waals surface area contributed by atoms with E-state index in [1.807, 2.05) is 18.2 Å². The van der Waals surface area contributed by atoms with Gasteiger partial charge in [-0.2, -0.15) is 0 Å². The predicted molar refractivity (Wildman–Crippen MR) is 58.1 cm³/mol. The molecule has 0 saturated carbocycles. The molecule has 2 heteroatoms. The third-order valence-electron chi connectivity index (χ3n) is 3.54.